The maximum Gasteiger partial charge on any atom is 0.297 e. The van der Waals surface area contributed by atoms with Crippen LogP contribution in [0.15, 0.2) is 29.2 Å². The molecule has 0 aliphatic carbocycles. The Morgan fingerprint density at radius 2 is 1.75 bits per heavy atom. The molecule has 1 aromatic rings. The molecule has 1 saturated heterocycles. The van der Waals surface area contributed by atoms with Crippen LogP contribution in [0, 0.1) is 6.92 Å². The molecule has 3 N–H and O–H groups in total. The van der Waals surface area contributed by atoms with E-state index in [0.29, 0.717) is 0 Å². The molecule has 1 heterocycles. The Bertz CT molecular complexity index is 554. The van der Waals surface area contributed by atoms with Gasteiger partial charge in [0.1, 0.15) is 18.3 Å². The van der Waals surface area contributed by atoms with E-state index in [1.807, 2.05) is 6.92 Å². The third kappa shape index (κ3) is 3.17. The lowest BCUT2D eigenvalue weighted by molar-refractivity contribution is -0.131. The summed E-state index contributed by atoms with van der Waals surface area (Å²) in [4.78, 5) is -0.0170. The number of benzene rings is 1. The Morgan fingerprint density at radius 1 is 1.15 bits per heavy atom. The molecule has 7 nitrogen and oxygen atoms in total. The fourth-order valence-corrected chi connectivity index (χ4v) is 2.71. The molecule has 0 spiro atoms. The predicted octanol–water partition coefficient (Wildman–Crippen LogP) is -0.861. The van der Waals surface area contributed by atoms with Crippen LogP contribution in [0.25, 0.3) is 0 Å². The van der Waals surface area contributed by atoms with Crippen molar-refractivity contribution in [2.45, 2.75) is 36.4 Å². The van der Waals surface area contributed by atoms with E-state index in [4.69, 9.17) is 8.92 Å². The third-order valence-electron chi connectivity index (χ3n) is 3.03. The lowest BCUT2D eigenvalue weighted by Gasteiger charge is -2.14. The van der Waals surface area contributed by atoms with E-state index in [1.165, 1.54) is 12.1 Å². The van der Waals surface area contributed by atoms with Crippen molar-refractivity contribution in [3.8, 4) is 0 Å². The van der Waals surface area contributed by atoms with Crippen LogP contribution in [0.4, 0.5) is 0 Å². The SMILES string of the molecule is Cc1ccc(S(=O)(=O)OC[C@H]2O[C@@H](O)[C@H](O)[C@H]2O)cc1. The highest BCUT2D eigenvalue weighted by molar-refractivity contribution is 7.86. The number of ether oxygens (including phenoxy) is 1. The normalized spacial score (nSPS) is 30.6. The molecular weight excluding hydrogens is 288 g/mol. The number of aliphatic hydroxyl groups is 3. The summed E-state index contributed by atoms with van der Waals surface area (Å²) in [6.45, 7) is 1.33. The van der Waals surface area contributed by atoms with Gasteiger partial charge >= 0.3 is 0 Å². The van der Waals surface area contributed by atoms with E-state index in [-0.39, 0.29) is 4.90 Å². The van der Waals surface area contributed by atoms with Crippen molar-refractivity contribution in [1.82, 2.24) is 0 Å². The van der Waals surface area contributed by atoms with E-state index in [2.05, 4.69) is 0 Å². The molecule has 112 valence electrons. The first-order valence-corrected chi connectivity index (χ1v) is 7.38. The van der Waals surface area contributed by atoms with Crippen LogP contribution < -0.4 is 0 Å². The number of aliphatic hydroxyl groups excluding tert-OH is 3. The van der Waals surface area contributed by atoms with Crippen LogP contribution in [0.2, 0.25) is 0 Å². The first-order valence-electron chi connectivity index (χ1n) is 5.97. The maximum atomic E-state index is 11.9. The molecule has 1 fully saturated rings. The number of hydrogen-bond donors (Lipinski definition) is 3. The van der Waals surface area contributed by atoms with Crippen molar-refractivity contribution in [2.24, 2.45) is 0 Å². The monoisotopic (exact) mass is 304 g/mol. The van der Waals surface area contributed by atoms with E-state index in [0.717, 1.165) is 5.56 Å². The molecule has 0 aromatic heterocycles. The second-order valence-electron chi connectivity index (χ2n) is 4.60. The summed E-state index contributed by atoms with van der Waals surface area (Å²) in [6, 6.07) is 6.07. The van der Waals surface area contributed by atoms with E-state index in [9.17, 15) is 23.7 Å². The fourth-order valence-electron chi connectivity index (χ4n) is 1.80. The van der Waals surface area contributed by atoms with E-state index < -0.39 is 41.3 Å². The molecule has 0 saturated carbocycles. The highest BCUT2D eigenvalue weighted by Crippen LogP contribution is 2.21. The summed E-state index contributed by atoms with van der Waals surface area (Å²) in [6.07, 6.45) is -5.55. The Morgan fingerprint density at radius 3 is 2.25 bits per heavy atom. The van der Waals surface area contributed by atoms with Crippen LogP contribution in [-0.2, 0) is 19.0 Å². The molecular formula is C12H16O7S. The highest BCUT2D eigenvalue weighted by atomic mass is 32.2. The van der Waals surface area contributed by atoms with Gasteiger partial charge in [-0.15, -0.1) is 0 Å². The van der Waals surface area contributed by atoms with Crippen LogP contribution >= 0.6 is 0 Å². The first kappa shape index (κ1) is 15.4. The minimum Gasteiger partial charge on any atom is -0.387 e. The molecule has 8 heteroatoms. The molecule has 1 aliphatic heterocycles. The molecule has 1 aromatic carbocycles. The van der Waals surface area contributed by atoms with Gasteiger partial charge in [0.15, 0.2) is 6.29 Å². The summed E-state index contributed by atoms with van der Waals surface area (Å²) in [5.41, 5.74) is 0.907. The highest BCUT2D eigenvalue weighted by Gasteiger charge is 2.42. The topological polar surface area (TPSA) is 113 Å². The second kappa shape index (κ2) is 5.76. The summed E-state index contributed by atoms with van der Waals surface area (Å²) in [5, 5.41) is 28.0. The van der Waals surface area contributed by atoms with Gasteiger partial charge in [0.2, 0.25) is 0 Å². The zero-order chi connectivity index (χ0) is 14.9. The van der Waals surface area contributed by atoms with Crippen molar-refractivity contribution in [1.29, 1.82) is 0 Å². The quantitative estimate of drug-likeness (QED) is 0.620. The number of aryl methyl sites for hydroxylation is 1. The van der Waals surface area contributed by atoms with E-state index in [1.54, 1.807) is 12.1 Å². The standard InChI is InChI=1S/C12H16O7S/c1-7-2-4-8(5-3-7)20(16,17)18-6-9-10(13)11(14)12(15)19-9/h2-5,9-15H,6H2,1H3/t9-,10+,11-,12-/m1/s1. The number of hydrogen-bond acceptors (Lipinski definition) is 7. The zero-order valence-corrected chi connectivity index (χ0v) is 11.5. The summed E-state index contributed by atoms with van der Waals surface area (Å²) < 4.78 is 33.3. The van der Waals surface area contributed by atoms with Crippen molar-refractivity contribution in [3.05, 3.63) is 29.8 Å². The molecule has 0 amide bonds. The third-order valence-corrected chi connectivity index (χ3v) is 4.33. The van der Waals surface area contributed by atoms with Gasteiger partial charge in [0.05, 0.1) is 11.5 Å². The largest absolute Gasteiger partial charge is 0.387 e. The minimum atomic E-state index is -3.98. The molecule has 0 unspecified atom stereocenters. The first-order chi connectivity index (χ1) is 9.31. The molecule has 0 bridgehead atoms. The predicted molar refractivity (Wildman–Crippen MR) is 67.2 cm³/mol. The van der Waals surface area contributed by atoms with Crippen molar-refractivity contribution in [3.63, 3.8) is 0 Å². The van der Waals surface area contributed by atoms with Crippen LogP contribution in [0.3, 0.4) is 0 Å². The van der Waals surface area contributed by atoms with Gasteiger partial charge in [0.25, 0.3) is 10.1 Å². The Kier molecular flexibility index (Phi) is 4.43. The Hall–Kier alpha value is -1.03. The van der Waals surface area contributed by atoms with Gasteiger partial charge in [-0.1, -0.05) is 17.7 Å². The average molecular weight is 304 g/mol. The van der Waals surface area contributed by atoms with Crippen LogP contribution in [0.5, 0.6) is 0 Å². The van der Waals surface area contributed by atoms with Gasteiger partial charge < -0.3 is 20.1 Å². The van der Waals surface area contributed by atoms with Gasteiger partial charge in [-0.2, -0.15) is 8.42 Å². The summed E-state index contributed by atoms with van der Waals surface area (Å²) in [5.74, 6) is 0. The van der Waals surface area contributed by atoms with Crippen molar-refractivity contribution < 1.29 is 32.7 Å². The van der Waals surface area contributed by atoms with Crippen molar-refractivity contribution in [2.75, 3.05) is 6.61 Å². The minimum absolute atomic E-state index is 0.0170. The summed E-state index contributed by atoms with van der Waals surface area (Å²) in [7, 11) is -3.98. The van der Waals surface area contributed by atoms with Crippen molar-refractivity contribution >= 4 is 10.1 Å². The van der Waals surface area contributed by atoms with Gasteiger partial charge in [-0.25, -0.2) is 0 Å². The fraction of sp³-hybridized carbons (Fsp3) is 0.500. The lowest BCUT2D eigenvalue weighted by atomic mass is 10.1. The van der Waals surface area contributed by atoms with Gasteiger partial charge in [-0.3, -0.25) is 4.18 Å². The second-order valence-corrected chi connectivity index (χ2v) is 6.21. The summed E-state index contributed by atoms with van der Waals surface area (Å²) >= 11 is 0. The van der Waals surface area contributed by atoms with Gasteiger partial charge in [0, 0.05) is 0 Å². The smallest absolute Gasteiger partial charge is 0.297 e. The van der Waals surface area contributed by atoms with Gasteiger partial charge in [-0.05, 0) is 19.1 Å². The maximum absolute atomic E-state index is 11.9. The average Bonchev–Trinajstić information content (AvgIpc) is 2.64. The number of rotatable bonds is 4. The zero-order valence-electron chi connectivity index (χ0n) is 10.7. The molecule has 2 rings (SSSR count). The van der Waals surface area contributed by atoms with Crippen LogP contribution in [-0.4, -0.2) is 54.9 Å². The molecule has 0 radical (unpaired) electrons. The molecule has 20 heavy (non-hydrogen) atoms. The van der Waals surface area contributed by atoms with E-state index >= 15 is 0 Å². The Balaban J connectivity index is 2.01. The molecule has 1 aliphatic rings. The molecule has 4 atom stereocenters. The van der Waals surface area contributed by atoms with Crippen LogP contribution in [0.1, 0.15) is 5.56 Å². The lowest BCUT2D eigenvalue weighted by Crippen LogP contribution is -2.34. The Labute approximate surface area is 116 Å².